The largest absolute Gasteiger partial charge is 0.503 e. The van der Waals surface area contributed by atoms with E-state index in [1.165, 1.54) is 25.2 Å². The van der Waals surface area contributed by atoms with Gasteiger partial charge in [-0.15, -0.1) is 0 Å². The first-order chi connectivity index (χ1) is 16.4. The van der Waals surface area contributed by atoms with E-state index in [2.05, 4.69) is 22.6 Å². The normalized spacial score (nSPS) is 15.8. The molecule has 0 bridgehead atoms. The van der Waals surface area contributed by atoms with Crippen molar-refractivity contribution in [2.24, 2.45) is 0 Å². The van der Waals surface area contributed by atoms with Crippen molar-refractivity contribution in [3.63, 3.8) is 0 Å². The number of ether oxygens (including phenoxy) is 2. The minimum atomic E-state index is -0.847. The number of nitrogens with zero attached hydrogens (tertiary/aromatic N) is 1. The molecule has 7 heteroatoms. The molecule has 172 valence electrons. The Labute approximate surface area is 211 Å². The van der Waals surface area contributed by atoms with Crippen LogP contribution in [-0.4, -0.2) is 31.0 Å². The number of anilines is 1. The Hall–Kier alpha value is -3.59. The van der Waals surface area contributed by atoms with E-state index in [0.717, 1.165) is 9.13 Å². The van der Waals surface area contributed by atoms with E-state index >= 15 is 0 Å². The standard InChI is InChI=1S/C27H22INO5/c1-33-22-15-9-18(16-23(22)34-2)25-24(21(30)14-8-17-6-4-3-5-7-17)26(31)27(32)29(25)20-12-10-19(28)11-13-20/h3-16,25,31H,1-2H3/b14-8+. The van der Waals surface area contributed by atoms with Gasteiger partial charge in [0.05, 0.1) is 25.8 Å². The fourth-order valence-corrected chi connectivity index (χ4v) is 4.25. The molecule has 1 unspecified atom stereocenters. The number of amides is 1. The Kier molecular flexibility index (Phi) is 7.02. The predicted molar refractivity (Wildman–Crippen MR) is 139 cm³/mol. The van der Waals surface area contributed by atoms with E-state index in [0.29, 0.717) is 22.7 Å². The molecule has 1 N–H and O–H groups in total. The summed E-state index contributed by atoms with van der Waals surface area (Å²) in [4.78, 5) is 28.0. The third-order valence-corrected chi connectivity index (χ3v) is 6.25. The van der Waals surface area contributed by atoms with Crippen molar-refractivity contribution in [1.82, 2.24) is 0 Å². The van der Waals surface area contributed by atoms with Crippen molar-refractivity contribution in [2.45, 2.75) is 6.04 Å². The van der Waals surface area contributed by atoms with Crippen molar-refractivity contribution in [3.8, 4) is 11.5 Å². The number of hydrogen-bond donors (Lipinski definition) is 1. The molecule has 0 aliphatic carbocycles. The zero-order valence-corrected chi connectivity index (χ0v) is 20.7. The molecule has 0 aromatic heterocycles. The molecule has 0 fully saturated rings. The maximum atomic E-state index is 13.3. The van der Waals surface area contributed by atoms with Crippen LogP contribution in [0.5, 0.6) is 11.5 Å². The summed E-state index contributed by atoms with van der Waals surface area (Å²) in [5, 5.41) is 10.8. The Morgan fingerprint density at radius 1 is 0.971 bits per heavy atom. The number of allylic oxidation sites excluding steroid dienone is 1. The lowest BCUT2D eigenvalue weighted by molar-refractivity contribution is -0.117. The van der Waals surface area contributed by atoms with Crippen LogP contribution in [0.3, 0.4) is 0 Å². The number of aliphatic hydroxyl groups is 1. The topological polar surface area (TPSA) is 76.1 Å². The van der Waals surface area contributed by atoms with Crippen LogP contribution in [-0.2, 0) is 9.59 Å². The molecule has 6 nitrogen and oxygen atoms in total. The number of hydrogen-bond acceptors (Lipinski definition) is 5. The van der Waals surface area contributed by atoms with Crippen molar-refractivity contribution < 1.29 is 24.2 Å². The predicted octanol–water partition coefficient (Wildman–Crippen LogP) is 5.49. The Morgan fingerprint density at radius 2 is 1.65 bits per heavy atom. The number of carbonyl (C=O) groups is 2. The van der Waals surface area contributed by atoms with Gasteiger partial charge in [0.1, 0.15) is 0 Å². The summed E-state index contributed by atoms with van der Waals surface area (Å²) in [5.41, 5.74) is 2.00. The molecule has 1 aliphatic heterocycles. The van der Waals surface area contributed by atoms with Gasteiger partial charge in [0.25, 0.3) is 5.91 Å². The first-order valence-electron chi connectivity index (χ1n) is 10.5. The molecule has 3 aromatic carbocycles. The summed E-state index contributed by atoms with van der Waals surface area (Å²) >= 11 is 2.18. The lowest BCUT2D eigenvalue weighted by atomic mass is 9.95. The molecule has 1 heterocycles. The zero-order chi connectivity index (χ0) is 24.2. The maximum absolute atomic E-state index is 13.3. The number of rotatable bonds is 7. The van der Waals surface area contributed by atoms with Crippen LogP contribution in [0.1, 0.15) is 17.2 Å². The fourth-order valence-electron chi connectivity index (χ4n) is 3.89. The van der Waals surface area contributed by atoms with E-state index in [1.807, 2.05) is 42.5 Å². The molecule has 0 radical (unpaired) electrons. The molecule has 1 aliphatic rings. The van der Waals surface area contributed by atoms with E-state index in [9.17, 15) is 14.7 Å². The van der Waals surface area contributed by atoms with Crippen LogP contribution in [0.25, 0.3) is 6.08 Å². The lowest BCUT2D eigenvalue weighted by Crippen LogP contribution is -2.30. The van der Waals surface area contributed by atoms with Gasteiger partial charge in [0, 0.05) is 9.26 Å². The van der Waals surface area contributed by atoms with Gasteiger partial charge >= 0.3 is 0 Å². The van der Waals surface area contributed by atoms with Gasteiger partial charge in [-0.25, -0.2) is 0 Å². The number of methoxy groups -OCH3 is 2. The van der Waals surface area contributed by atoms with Crippen LogP contribution in [0.15, 0.2) is 90.2 Å². The highest BCUT2D eigenvalue weighted by Crippen LogP contribution is 2.43. The summed E-state index contributed by atoms with van der Waals surface area (Å²) in [5.74, 6) is -0.699. The molecule has 34 heavy (non-hydrogen) atoms. The van der Waals surface area contributed by atoms with Gasteiger partial charge < -0.3 is 14.6 Å². The van der Waals surface area contributed by atoms with Gasteiger partial charge in [-0.2, -0.15) is 0 Å². The quantitative estimate of drug-likeness (QED) is 0.302. The number of benzene rings is 3. The zero-order valence-electron chi connectivity index (χ0n) is 18.6. The highest BCUT2D eigenvalue weighted by Gasteiger charge is 2.44. The fraction of sp³-hybridized carbons (Fsp3) is 0.111. The average Bonchev–Trinajstić information content (AvgIpc) is 3.13. The third-order valence-electron chi connectivity index (χ3n) is 5.53. The van der Waals surface area contributed by atoms with Crippen LogP contribution in [0.2, 0.25) is 0 Å². The Morgan fingerprint density at radius 3 is 2.29 bits per heavy atom. The molecule has 0 spiro atoms. The molecule has 1 amide bonds. The van der Waals surface area contributed by atoms with Crippen LogP contribution >= 0.6 is 22.6 Å². The average molecular weight is 567 g/mol. The van der Waals surface area contributed by atoms with Crippen LogP contribution in [0.4, 0.5) is 5.69 Å². The third kappa shape index (κ3) is 4.56. The molecule has 1 atom stereocenters. The van der Waals surface area contributed by atoms with Crippen molar-refractivity contribution in [2.75, 3.05) is 19.1 Å². The molecular formula is C27H22INO5. The van der Waals surface area contributed by atoms with E-state index < -0.39 is 23.5 Å². The number of halogens is 1. The van der Waals surface area contributed by atoms with E-state index in [-0.39, 0.29) is 5.57 Å². The molecule has 3 aromatic rings. The van der Waals surface area contributed by atoms with Gasteiger partial charge in [-0.1, -0.05) is 42.5 Å². The van der Waals surface area contributed by atoms with Gasteiger partial charge in [-0.05, 0) is 76.2 Å². The molecule has 0 saturated heterocycles. The molecular weight excluding hydrogens is 545 g/mol. The van der Waals surface area contributed by atoms with Crippen LogP contribution < -0.4 is 14.4 Å². The second kappa shape index (κ2) is 10.1. The summed E-state index contributed by atoms with van der Waals surface area (Å²) in [7, 11) is 3.05. The molecule has 0 saturated carbocycles. The second-order valence-electron chi connectivity index (χ2n) is 7.54. The summed E-state index contributed by atoms with van der Waals surface area (Å²) in [6, 6.07) is 21.0. The number of carbonyl (C=O) groups excluding carboxylic acids is 2. The van der Waals surface area contributed by atoms with Gasteiger partial charge in [-0.3, -0.25) is 14.5 Å². The van der Waals surface area contributed by atoms with Gasteiger partial charge in [0.15, 0.2) is 23.0 Å². The number of aliphatic hydroxyl groups excluding tert-OH is 1. The Balaban J connectivity index is 1.82. The van der Waals surface area contributed by atoms with E-state index in [1.54, 1.807) is 36.4 Å². The first-order valence-corrected chi connectivity index (χ1v) is 11.5. The maximum Gasteiger partial charge on any atom is 0.294 e. The van der Waals surface area contributed by atoms with E-state index in [4.69, 9.17) is 9.47 Å². The van der Waals surface area contributed by atoms with Crippen molar-refractivity contribution in [1.29, 1.82) is 0 Å². The molecule has 4 rings (SSSR count). The SMILES string of the molecule is COc1ccc(C2C(C(=O)/C=C/c3ccccc3)=C(O)C(=O)N2c2ccc(I)cc2)cc1OC. The second-order valence-corrected chi connectivity index (χ2v) is 8.78. The minimum absolute atomic E-state index is 0.00273. The summed E-state index contributed by atoms with van der Waals surface area (Å²) < 4.78 is 11.8. The minimum Gasteiger partial charge on any atom is -0.503 e. The van der Waals surface area contributed by atoms with Crippen molar-refractivity contribution in [3.05, 3.63) is 105 Å². The van der Waals surface area contributed by atoms with Crippen molar-refractivity contribution >= 4 is 46.0 Å². The lowest BCUT2D eigenvalue weighted by Gasteiger charge is -2.27. The smallest absolute Gasteiger partial charge is 0.294 e. The first kappa shape index (κ1) is 23.6. The Bertz CT molecular complexity index is 1280. The summed E-state index contributed by atoms with van der Waals surface area (Å²) in [6.07, 6.45) is 3.03. The van der Waals surface area contributed by atoms with Crippen LogP contribution in [0, 0.1) is 3.57 Å². The highest BCUT2D eigenvalue weighted by atomic mass is 127. The number of ketones is 1. The summed E-state index contributed by atoms with van der Waals surface area (Å²) in [6.45, 7) is 0. The highest BCUT2D eigenvalue weighted by molar-refractivity contribution is 14.1. The van der Waals surface area contributed by atoms with Gasteiger partial charge in [0.2, 0.25) is 0 Å². The monoisotopic (exact) mass is 567 g/mol.